The van der Waals surface area contributed by atoms with E-state index in [0.717, 1.165) is 73.8 Å². The number of thiazole rings is 1. The maximum Gasteiger partial charge on any atom is 0.267 e. The van der Waals surface area contributed by atoms with E-state index in [9.17, 15) is 4.79 Å². The van der Waals surface area contributed by atoms with Gasteiger partial charge < -0.3 is 19.7 Å². The molecule has 1 aliphatic rings. The normalized spacial score (nSPS) is 14.2. The Morgan fingerprint density at radius 1 is 1.11 bits per heavy atom. The maximum absolute atomic E-state index is 12.8. The first-order valence-electron chi connectivity index (χ1n) is 12.9. The van der Waals surface area contributed by atoms with Crippen LogP contribution in [0.1, 0.15) is 38.7 Å². The van der Waals surface area contributed by atoms with E-state index in [1.54, 1.807) is 12.3 Å². The highest BCUT2D eigenvalue weighted by Gasteiger charge is 2.20. The first-order chi connectivity index (χ1) is 18.4. The molecular weight excluding hydrogens is 524 g/mol. The lowest BCUT2D eigenvalue weighted by Crippen LogP contribution is -2.47. The van der Waals surface area contributed by atoms with E-state index >= 15 is 0 Å². The maximum atomic E-state index is 12.8. The SMILES string of the molecule is CCOCCOCCN1CCN(c2cc(Cc3ncc(C(=O)Nc4c(C)cccc4Cl)s3)nc(C)n2)CC1. The number of para-hydroxylation sites is 1. The molecule has 9 nitrogen and oxygen atoms in total. The highest BCUT2D eigenvalue weighted by Crippen LogP contribution is 2.27. The number of piperazine rings is 1. The Bertz CT molecular complexity index is 1200. The monoisotopic (exact) mass is 558 g/mol. The lowest BCUT2D eigenvalue weighted by molar-refractivity contribution is 0.0422. The summed E-state index contributed by atoms with van der Waals surface area (Å²) in [6, 6.07) is 7.57. The number of aromatic nitrogens is 3. The molecular formula is C27H35ClN6O3S. The van der Waals surface area contributed by atoms with Crippen molar-refractivity contribution >= 4 is 40.4 Å². The van der Waals surface area contributed by atoms with Crippen molar-refractivity contribution in [2.75, 3.05) is 69.4 Å². The molecule has 0 aliphatic carbocycles. The van der Waals surface area contributed by atoms with E-state index in [2.05, 4.69) is 30.1 Å². The number of benzene rings is 1. The van der Waals surface area contributed by atoms with Crippen LogP contribution in [0.5, 0.6) is 0 Å². The number of nitrogens with one attached hydrogen (secondary N) is 1. The molecule has 38 heavy (non-hydrogen) atoms. The zero-order valence-electron chi connectivity index (χ0n) is 22.2. The lowest BCUT2D eigenvalue weighted by Gasteiger charge is -2.35. The van der Waals surface area contributed by atoms with E-state index in [0.29, 0.717) is 35.2 Å². The average Bonchev–Trinajstić information content (AvgIpc) is 3.37. The zero-order valence-corrected chi connectivity index (χ0v) is 23.8. The van der Waals surface area contributed by atoms with Crippen molar-refractivity contribution in [1.29, 1.82) is 0 Å². The first kappa shape index (κ1) is 28.4. The molecule has 3 heterocycles. The Kier molecular flexibility index (Phi) is 10.4. The van der Waals surface area contributed by atoms with E-state index in [1.165, 1.54) is 11.3 Å². The van der Waals surface area contributed by atoms with E-state index in [-0.39, 0.29) is 5.91 Å². The molecule has 1 N–H and O–H groups in total. The number of ether oxygens (including phenoxy) is 2. The summed E-state index contributed by atoms with van der Waals surface area (Å²) in [4.78, 5) is 31.8. The van der Waals surface area contributed by atoms with Crippen LogP contribution < -0.4 is 10.2 Å². The summed E-state index contributed by atoms with van der Waals surface area (Å²) in [6.07, 6.45) is 2.15. The molecule has 0 saturated carbocycles. The number of carbonyl (C=O) groups excluding carboxylic acids is 1. The average molecular weight is 559 g/mol. The van der Waals surface area contributed by atoms with Crippen molar-refractivity contribution in [3.05, 3.63) is 62.5 Å². The number of halogens is 1. The van der Waals surface area contributed by atoms with Gasteiger partial charge in [0.2, 0.25) is 0 Å². The lowest BCUT2D eigenvalue weighted by atomic mass is 10.2. The van der Waals surface area contributed by atoms with Crippen molar-refractivity contribution in [2.24, 2.45) is 0 Å². The molecule has 1 aliphatic heterocycles. The smallest absolute Gasteiger partial charge is 0.267 e. The van der Waals surface area contributed by atoms with Crippen LogP contribution in [0.4, 0.5) is 11.5 Å². The van der Waals surface area contributed by atoms with Gasteiger partial charge in [-0.15, -0.1) is 11.3 Å². The number of hydrogen-bond acceptors (Lipinski definition) is 9. The molecule has 2 aromatic heterocycles. The third-order valence-corrected chi connectivity index (χ3v) is 7.58. The third-order valence-electron chi connectivity index (χ3n) is 6.27. The minimum absolute atomic E-state index is 0.220. The standard InChI is InChI=1S/C27H35ClN6O3S/c1-4-36-14-15-37-13-12-33-8-10-34(11-9-33)24-16-21(30-20(3)31-24)17-25-29-18-23(38-25)27(35)32-26-19(2)6-5-7-22(26)28/h5-7,16,18H,4,8-15,17H2,1-3H3,(H,32,35). The molecule has 0 atom stereocenters. The topological polar surface area (TPSA) is 92.7 Å². The van der Waals surface area contributed by atoms with Crippen LogP contribution in [0.3, 0.4) is 0 Å². The summed E-state index contributed by atoms with van der Waals surface area (Å²) < 4.78 is 11.0. The van der Waals surface area contributed by atoms with Crippen LogP contribution in [0.15, 0.2) is 30.5 Å². The highest BCUT2D eigenvalue weighted by molar-refractivity contribution is 7.13. The van der Waals surface area contributed by atoms with Gasteiger partial charge in [-0.2, -0.15) is 0 Å². The van der Waals surface area contributed by atoms with Crippen molar-refractivity contribution in [1.82, 2.24) is 19.9 Å². The Morgan fingerprint density at radius 2 is 1.89 bits per heavy atom. The Morgan fingerprint density at radius 3 is 2.66 bits per heavy atom. The second-order valence-corrected chi connectivity index (χ2v) is 10.6. The van der Waals surface area contributed by atoms with Crippen LogP contribution in [-0.2, 0) is 15.9 Å². The van der Waals surface area contributed by atoms with Gasteiger partial charge in [0.15, 0.2) is 0 Å². The van der Waals surface area contributed by atoms with Gasteiger partial charge in [-0.05, 0) is 32.4 Å². The van der Waals surface area contributed by atoms with E-state index in [4.69, 9.17) is 21.1 Å². The third kappa shape index (κ3) is 7.94. The Balaban J connectivity index is 1.31. The number of rotatable bonds is 12. The van der Waals surface area contributed by atoms with Gasteiger partial charge in [0, 0.05) is 51.8 Å². The Labute approximate surface area is 233 Å². The Hall–Kier alpha value is -2.63. The number of nitrogens with zero attached hydrogens (tertiary/aromatic N) is 5. The summed E-state index contributed by atoms with van der Waals surface area (Å²) in [5, 5.41) is 4.25. The second kappa shape index (κ2) is 14.0. The van der Waals surface area contributed by atoms with Crippen LogP contribution in [0.2, 0.25) is 5.02 Å². The van der Waals surface area contributed by atoms with Crippen LogP contribution in [-0.4, -0.2) is 84.9 Å². The van der Waals surface area contributed by atoms with Gasteiger partial charge >= 0.3 is 0 Å². The molecule has 1 saturated heterocycles. The summed E-state index contributed by atoms with van der Waals surface area (Å²) in [5.41, 5.74) is 2.42. The molecule has 3 aromatic rings. The van der Waals surface area contributed by atoms with Gasteiger partial charge in [-0.1, -0.05) is 23.7 Å². The number of carbonyl (C=O) groups is 1. The van der Waals surface area contributed by atoms with Gasteiger partial charge in [0.1, 0.15) is 16.5 Å². The predicted molar refractivity (Wildman–Crippen MR) is 152 cm³/mol. The highest BCUT2D eigenvalue weighted by atomic mass is 35.5. The van der Waals surface area contributed by atoms with Gasteiger partial charge in [0.25, 0.3) is 5.91 Å². The number of aryl methyl sites for hydroxylation is 2. The molecule has 204 valence electrons. The molecule has 11 heteroatoms. The largest absolute Gasteiger partial charge is 0.379 e. The molecule has 1 fully saturated rings. The number of anilines is 2. The van der Waals surface area contributed by atoms with Crippen LogP contribution in [0, 0.1) is 13.8 Å². The molecule has 0 bridgehead atoms. The minimum atomic E-state index is -0.220. The molecule has 0 unspecified atom stereocenters. The molecule has 0 radical (unpaired) electrons. The van der Waals surface area contributed by atoms with E-state index < -0.39 is 0 Å². The van der Waals surface area contributed by atoms with Crippen molar-refractivity contribution in [3.8, 4) is 0 Å². The van der Waals surface area contributed by atoms with Crippen molar-refractivity contribution in [3.63, 3.8) is 0 Å². The summed E-state index contributed by atoms with van der Waals surface area (Å²) >= 11 is 7.62. The van der Waals surface area contributed by atoms with Crippen molar-refractivity contribution < 1.29 is 14.3 Å². The quantitative estimate of drug-likeness (QED) is 0.330. The van der Waals surface area contributed by atoms with Gasteiger partial charge in [0.05, 0.1) is 47.4 Å². The predicted octanol–water partition coefficient (Wildman–Crippen LogP) is 4.22. The van der Waals surface area contributed by atoms with Crippen molar-refractivity contribution in [2.45, 2.75) is 27.2 Å². The fourth-order valence-electron chi connectivity index (χ4n) is 4.24. The van der Waals surface area contributed by atoms with Gasteiger partial charge in [-0.25, -0.2) is 15.0 Å². The molecule has 4 rings (SSSR count). The zero-order chi connectivity index (χ0) is 26.9. The van der Waals surface area contributed by atoms with E-state index in [1.807, 2.05) is 39.0 Å². The first-order valence-corrected chi connectivity index (χ1v) is 14.1. The molecule has 1 aromatic carbocycles. The summed E-state index contributed by atoms with van der Waals surface area (Å²) in [5.74, 6) is 1.44. The summed E-state index contributed by atoms with van der Waals surface area (Å²) in [7, 11) is 0. The molecule has 1 amide bonds. The van der Waals surface area contributed by atoms with Gasteiger partial charge in [-0.3, -0.25) is 9.69 Å². The summed E-state index contributed by atoms with van der Waals surface area (Å²) in [6.45, 7) is 13.2. The molecule has 0 spiro atoms. The number of hydrogen-bond donors (Lipinski definition) is 1. The van der Waals surface area contributed by atoms with Crippen LogP contribution >= 0.6 is 22.9 Å². The second-order valence-electron chi connectivity index (χ2n) is 9.08. The fourth-order valence-corrected chi connectivity index (χ4v) is 5.34. The number of amides is 1. The minimum Gasteiger partial charge on any atom is -0.379 e. The van der Waals surface area contributed by atoms with Crippen LogP contribution in [0.25, 0.3) is 0 Å². The fraction of sp³-hybridized carbons (Fsp3) is 0.481.